The lowest BCUT2D eigenvalue weighted by Gasteiger charge is -1.94. The van der Waals surface area contributed by atoms with E-state index in [2.05, 4.69) is 20.4 Å². The van der Waals surface area contributed by atoms with Crippen LogP contribution in [-0.4, -0.2) is 21.2 Å². The smallest absolute Gasteiger partial charge is 0.295 e. The summed E-state index contributed by atoms with van der Waals surface area (Å²) in [5.41, 5.74) is 0.771. The van der Waals surface area contributed by atoms with Crippen molar-refractivity contribution in [3.63, 3.8) is 0 Å². The average Bonchev–Trinajstić information content (AvgIpc) is 2.90. The Kier molecular flexibility index (Phi) is 2.44. The van der Waals surface area contributed by atoms with Gasteiger partial charge in [0.05, 0.1) is 12.2 Å². The fourth-order valence-corrected chi connectivity index (χ4v) is 1.67. The molecule has 0 aromatic carbocycles. The maximum Gasteiger partial charge on any atom is 0.295 e. The van der Waals surface area contributed by atoms with Crippen LogP contribution in [-0.2, 0) is 6.54 Å². The maximum atomic E-state index is 5.42. The summed E-state index contributed by atoms with van der Waals surface area (Å²) in [4.78, 5) is 8.45. The summed E-state index contributed by atoms with van der Waals surface area (Å²) in [5.74, 6) is 2.22. The lowest BCUT2D eigenvalue weighted by molar-refractivity contribution is 0.403. The van der Waals surface area contributed by atoms with Crippen LogP contribution in [0.25, 0.3) is 11.7 Å². The minimum absolute atomic E-state index is 0.399. The Hall–Kier alpha value is -1.69. The SMILES string of the molecule is Cc1nc(C)c(-c2nc(CNC3CC3)no2)o1. The molecule has 1 fully saturated rings. The molecular weight excluding hydrogens is 220 g/mol. The van der Waals surface area contributed by atoms with Gasteiger partial charge in [-0.05, 0) is 19.8 Å². The number of nitrogens with one attached hydrogen (secondary N) is 1. The van der Waals surface area contributed by atoms with Crippen LogP contribution >= 0.6 is 0 Å². The molecule has 3 rings (SSSR count). The highest BCUT2D eigenvalue weighted by Gasteiger charge is 2.22. The van der Waals surface area contributed by atoms with Crippen LogP contribution in [0, 0.1) is 13.8 Å². The molecule has 17 heavy (non-hydrogen) atoms. The molecule has 1 aliphatic rings. The van der Waals surface area contributed by atoms with E-state index in [0.29, 0.717) is 36.0 Å². The molecule has 0 spiro atoms. The fourth-order valence-electron chi connectivity index (χ4n) is 1.67. The van der Waals surface area contributed by atoms with Crippen molar-refractivity contribution in [2.75, 3.05) is 0 Å². The predicted molar refractivity (Wildman–Crippen MR) is 59.1 cm³/mol. The van der Waals surface area contributed by atoms with Crippen LogP contribution in [0.3, 0.4) is 0 Å². The van der Waals surface area contributed by atoms with E-state index in [4.69, 9.17) is 8.94 Å². The van der Waals surface area contributed by atoms with Crippen molar-refractivity contribution in [1.29, 1.82) is 0 Å². The second-order valence-corrected chi connectivity index (χ2v) is 4.32. The molecule has 0 atom stereocenters. The van der Waals surface area contributed by atoms with E-state index in [0.717, 1.165) is 5.69 Å². The standard InChI is InChI=1S/C11H14N4O2/c1-6-10(16-7(2)13-6)11-14-9(15-17-11)5-12-8-3-4-8/h8,12H,3-5H2,1-2H3. The molecule has 0 radical (unpaired) electrons. The third-order valence-electron chi connectivity index (χ3n) is 2.69. The fraction of sp³-hybridized carbons (Fsp3) is 0.545. The molecule has 2 heterocycles. The van der Waals surface area contributed by atoms with Gasteiger partial charge in [0.2, 0.25) is 5.76 Å². The summed E-state index contributed by atoms with van der Waals surface area (Å²) in [6.45, 7) is 4.29. The third kappa shape index (κ3) is 2.21. The Bertz CT molecular complexity index is 527. The van der Waals surface area contributed by atoms with Crippen LogP contribution in [0.15, 0.2) is 8.94 Å². The predicted octanol–water partition coefficient (Wildman–Crippen LogP) is 1.59. The van der Waals surface area contributed by atoms with Crippen LogP contribution in [0.1, 0.15) is 30.3 Å². The van der Waals surface area contributed by atoms with Gasteiger partial charge in [0.15, 0.2) is 11.7 Å². The van der Waals surface area contributed by atoms with Gasteiger partial charge < -0.3 is 14.3 Å². The zero-order valence-electron chi connectivity index (χ0n) is 9.86. The average molecular weight is 234 g/mol. The number of nitrogens with zero attached hydrogens (tertiary/aromatic N) is 3. The van der Waals surface area contributed by atoms with Crippen molar-refractivity contribution in [2.45, 2.75) is 39.3 Å². The van der Waals surface area contributed by atoms with E-state index in [1.807, 2.05) is 6.92 Å². The van der Waals surface area contributed by atoms with E-state index >= 15 is 0 Å². The molecule has 2 aromatic heterocycles. The number of aromatic nitrogens is 3. The molecule has 6 heteroatoms. The Morgan fingerprint density at radius 3 is 2.76 bits per heavy atom. The second-order valence-electron chi connectivity index (χ2n) is 4.32. The number of hydrogen-bond acceptors (Lipinski definition) is 6. The summed E-state index contributed by atoms with van der Waals surface area (Å²) in [6.07, 6.45) is 2.48. The van der Waals surface area contributed by atoms with Crippen molar-refractivity contribution in [3.05, 3.63) is 17.4 Å². The number of rotatable bonds is 4. The minimum atomic E-state index is 0.399. The molecule has 0 aliphatic heterocycles. The first-order chi connectivity index (χ1) is 8.22. The first-order valence-corrected chi connectivity index (χ1v) is 5.73. The highest BCUT2D eigenvalue weighted by atomic mass is 16.5. The Morgan fingerprint density at radius 1 is 1.29 bits per heavy atom. The van der Waals surface area contributed by atoms with Crippen molar-refractivity contribution in [2.24, 2.45) is 0 Å². The molecule has 1 saturated carbocycles. The molecule has 0 bridgehead atoms. The maximum absolute atomic E-state index is 5.42. The van der Waals surface area contributed by atoms with Gasteiger partial charge in [0, 0.05) is 13.0 Å². The molecule has 0 amide bonds. The van der Waals surface area contributed by atoms with Gasteiger partial charge in [0.1, 0.15) is 0 Å². The Morgan fingerprint density at radius 2 is 2.12 bits per heavy atom. The summed E-state index contributed by atoms with van der Waals surface area (Å²) in [6, 6.07) is 0.631. The van der Waals surface area contributed by atoms with E-state index < -0.39 is 0 Å². The summed E-state index contributed by atoms with van der Waals surface area (Å²) in [5, 5.41) is 7.23. The van der Waals surface area contributed by atoms with Gasteiger partial charge in [-0.2, -0.15) is 4.98 Å². The van der Waals surface area contributed by atoms with E-state index in [-0.39, 0.29) is 0 Å². The second kappa shape index (κ2) is 3.96. The van der Waals surface area contributed by atoms with Gasteiger partial charge in [-0.25, -0.2) is 4.98 Å². The summed E-state index contributed by atoms with van der Waals surface area (Å²) >= 11 is 0. The summed E-state index contributed by atoms with van der Waals surface area (Å²) in [7, 11) is 0. The molecule has 0 unspecified atom stereocenters. The normalized spacial score (nSPS) is 15.4. The highest BCUT2D eigenvalue weighted by molar-refractivity contribution is 5.47. The minimum Gasteiger partial charge on any atom is -0.436 e. The third-order valence-corrected chi connectivity index (χ3v) is 2.69. The van der Waals surface area contributed by atoms with E-state index in [1.165, 1.54) is 12.8 Å². The zero-order valence-corrected chi connectivity index (χ0v) is 9.86. The van der Waals surface area contributed by atoms with Crippen LogP contribution in [0.5, 0.6) is 0 Å². The number of aryl methyl sites for hydroxylation is 2. The molecule has 2 aromatic rings. The molecule has 0 saturated heterocycles. The number of hydrogen-bond donors (Lipinski definition) is 1. The molecule has 1 N–H and O–H groups in total. The largest absolute Gasteiger partial charge is 0.436 e. The lowest BCUT2D eigenvalue weighted by Crippen LogP contribution is -2.16. The molecule has 6 nitrogen and oxygen atoms in total. The van der Waals surface area contributed by atoms with Crippen LogP contribution in [0.4, 0.5) is 0 Å². The van der Waals surface area contributed by atoms with Crippen molar-refractivity contribution in [1.82, 2.24) is 20.4 Å². The monoisotopic (exact) mass is 234 g/mol. The Balaban J connectivity index is 1.76. The number of oxazole rings is 1. The quantitative estimate of drug-likeness (QED) is 0.865. The van der Waals surface area contributed by atoms with Gasteiger partial charge in [-0.1, -0.05) is 5.16 Å². The Labute approximate surface area is 98.4 Å². The van der Waals surface area contributed by atoms with Crippen molar-refractivity contribution in [3.8, 4) is 11.7 Å². The molecule has 1 aliphatic carbocycles. The van der Waals surface area contributed by atoms with Crippen LogP contribution in [0.2, 0.25) is 0 Å². The zero-order chi connectivity index (χ0) is 11.8. The molecular formula is C11H14N4O2. The molecule has 90 valence electrons. The first-order valence-electron chi connectivity index (χ1n) is 5.73. The summed E-state index contributed by atoms with van der Waals surface area (Å²) < 4.78 is 10.6. The lowest BCUT2D eigenvalue weighted by atomic mass is 10.4. The van der Waals surface area contributed by atoms with Gasteiger partial charge in [0.25, 0.3) is 5.89 Å². The highest BCUT2D eigenvalue weighted by Crippen LogP contribution is 2.23. The topological polar surface area (TPSA) is 77.0 Å². The van der Waals surface area contributed by atoms with Gasteiger partial charge >= 0.3 is 0 Å². The van der Waals surface area contributed by atoms with Crippen molar-refractivity contribution < 1.29 is 8.94 Å². The van der Waals surface area contributed by atoms with Gasteiger partial charge in [-0.3, -0.25) is 0 Å². The van der Waals surface area contributed by atoms with E-state index in [9.17, 15) is 0 Å². The van der Waals surface area contributed by atoms with Crippen LogP contribution < -0.4 is 5.32 Å². The van der Waals surface area contributed by atoms with E-state index in [1.54, 1.807) is 6.92 Å². The first kappa shape index (κ1) is 10.5. The van der Waals surface area contributed by atoms with Crippen molar-refractivity contribution >= 4 is 0 Å². The van der Waals surface area contributed by atoms with Gasteiger partial charge in [-0.15, -0.1) is 0 Å².